The van der Waals surface area contributed by atoms with E-state index in [-0.39, 0.29) is 16.9 Å². The van der Waals surface area contributed by atoms with E-state index in [4.69, 9.17) is 0 Å². The number of rotatable bonds is 3. The summed E-state index contributed by atoms with van der Waals surface area (Å²) < 4.78 is 0. The molecule has 1 heterocycles. The van der Waals surface area contributed by atoms with Crippen LogP contribution in [0.2, 0.25) is 0 Å². The molecule has 0 spiro atoms. The van der Waals surface area contributed by atoms with Crippen LogP contribution in [0.5, 0.6) is 0 Å². The van der Waals surface area contributed by atoms with Gasteiger partial charge in [-0.25, -0.2) is 0 Å². The highest BCUT2D eigenvalue weighted by Crippen LogP contribution is 2.36. The molecule has 1 aliphatic rings. The summed E-state index contributed by atoms with van der Waals surface area (Å²) in [6.45, 7) is 12.1. The van der Waals surface area contributed by atoms with Crippen molar-refractivity contribution in [3.63, 3.8) is 0 Å². The normalized spacial score (nSPS) is 25.0. The van der Waals surface area contributed by atoms with E-state index in [0.29, 0.717) is 6.54 Å². The van der Waals surface area contributed by atoms with Crippen LogP contribution in [0.25, 0.3) is 0 Å². The summed E-state index contributed by atoms with van der Waals surface area (Å²) >= 11 is 0. The van der Waals surface area contributed by atoms with Gasteiger partial charge in [-0.05, 0) is 52.5 Å². The molecule has 116 valence electrons. The molecule has 0 aromatic rings. The number of aliphatic carboxylic acids is 1. The van der Waals surface area contributed by atoms with Crippen LogP contribution in [-0.4, -0.2) is 46.1 Å². The monoisotopic (exact) mass is 284 g/mol. The summed E-state index contributed by atoms with van der Waals surface area (Å²) in [6.07, 6.45) is 1.79. The Morgan fingerprint density at radius 2 is 1.90 bits per heavy atom. The number of carbonyl (C=O) groups excluding carboxylic acids is 1. The number of amides is 1. The van der Waals surface area contributed by atoms with Crippen molar-refractivity contribution in [1.29, 1.82) is 0 Å². The van der Waals surface area contributed by atoms with E-state index in [9.17, 15) is 14.7 Å². The maximum Gasteiger partial charge on any atom is 0.321 e. The highest BCUT2D eigenvalue weighted by Gasteiger charge is 2.45. The summed E-state index contributed by atoms with van der Waals surface area (Å²) in [5.41, 5.74) is -0.629. The molecule has 1 rings (SSSR count). The third-order valence-electron chi connectivity index (χ3n) is 3.92. The van der Waals surface area contributed by atoms with E-state index in [1.54, 1.807) is 6.92 Å². The van der Waals surface area contributed by atoms with Gasteiger partial charge in [0.2, 0.25) is 5.91 Å². The maximum atomic E-state index is 12.3. The molecule has 1 fully saturated rings. The zero-order chi connectivity index (χ0) is 15.7. The van der Waals surface area contributed by atoms with Crippen molar-refractivity contribution in [2.24, 2.45) is 5.41 Å². The molecule has 2 atom stereocenters. The van der Waals surface area contributed by atoms with Crippen molar-refractivity contribution in [2.45, 2.75) is 72.0 Å². The fourth-order valence-corrected chi connectivity index (χ4v) is 2.95. The fraction of sp³-hybridized carbons (Fsp3) is 0.867. The SMILES string of the molecule is CC(C(=O)NC(C)(C)C)N1CCCC(C)(C)C1C(=O)O. The van der Waals surface area contributed by atoms with Gasteiger partial charge in [-0.2, -0.15) is 0 Å². The Morgan fingerprint density at radius 3 is 2.35 bits per heavy atom. The topological polar surface area (TPSA) is 69.6 Å². The Kier molecular flexibility index (Phi) is 4.85. The van der Waals surface area contributed by atoms with Gasteiger partial charge in [-0.1, -0.05) is 13.8 Å². The Labute approximate surface area is 121 Å². The van der Waals surface area contributed by atoms with Gasteiger partial charge in [0.15, 0.2) is 0 Å². The minimum atomic E-state index is -0.842. The van der Waals surface area contributed by atoms with Crippen molar-refractivity contribution < 1.29 is 14.7 Å². The molecule has 1 aliphatic heterocycles. The van der Waals surface area contributed by atoms with E-state index in [1.165, 1.54) is 0 Å². The number of carboxylic acid groups (broad SMARTS) is 1. The zero-order valence-corrected chi connectivity index (χ0v) is 13.5. The molecule has 0 aliphatic carbocycles. The van der Waals surface area contributed by atoms with E-state index in [2.05, 4.69) is 5.32 Å². The largest absolute Gasteiger partial charge is 0.480 e. The molecule has 1 amide bonds. The second kappa shape index (κ2) is 5.72. The Morgan fingerprint density at radius 1 is 1.35 bits per heavy atom. The summed E-state index contributed by atoms with van der Waals surface area (Å²) in [7, 11) is 0. The first-order valence-corrected chi connectivity index (χ1v) is 7.26. The van der Waals surface area contributed by atoms with E-state index in [1.807, 2.05) is 39.5 Å². The lowest BCUT2D eigenvalue weighted by Gasteiger charge is -2.46. The van der Waals surface area contributed by atoms with Gasteiger partial charge >= 0.3 is 5.97 Å². The fourth-order valence-electron chi connectivity index (χ4n) is 2.95. The lowest BCUT2D eigenvalue weighted by Crippen LogP contribution is -2.61. The maximum absolute atomic E-state index is 12.3. The highest BCUT2D eigenvalue weighted by molar-refractivity contribution is 5.83. The number of carbonyl (C=O) groups is 2. The summed E-state index contributed by atoms with van der Waals surface area (Å²) in [5.74, 6) is -0.952. The number of likely N-dealkylation sites (tertiary alicyclic amines) is 1. The van der Waals surface area contributed by atoms with Crippen LogP contribution in [0.1, 0.15) is 54.4 Å². The van der Waals surface area contributed by atoms with E-state index in [0.717, 1.165) is 12.8 Å². The van der Waals surface area contributed by atoms with Crippen LogP contribution < -0.4 is 5.32 Å². The number of hydrogen-bond acceptors (Lipinski definition) is 3. The van der Waals surface area contributed by atoms with Crippen molar-refractivity contribution in [3.8, 4) is 0 Å². The molecule has 2 unspecified atom stereocenters. The van der Waals surface area contributed by atoms with Crippen molar-refractivity contribution in [1.82, 2.24) is 10.2 Å². The van der Waals surface area contributed by atoms with Gasteiger partial charge in [-0.15, -0.1) is 0 Å². The molecule has 0 aromatic carbocycles. The first kappa shape index (κ1) is 17.0. The minimum absolute atomic E-state index is 0.110. The van der Waals surface area contributed by atoms with Gasteiger partial charge in [0.05, 0.1) is 6.04 Å². The zero-order valence-electron chi connectivity index (χ0n) is 13.5. The van der Waals surface area contributed by atoms with E-state index < -0.39 is 18.1 Å². The van der Waals surface area contributed by atoms with Crippen LogP contribution in [-0.2, 0) is 9.59 Å². The number of piperidine rings is 1. The molecule has 0 bridgehead atoms. The van der Waals surface area contributed by atoms with Crippen molar-refractivity contribution in [2.75, 3.05) is 6.54 Å². The van der Waals surface area contributed by atoms with Gasteiger partial charge in [0.1, 0.15) is 6.04 Å². The lowest BCUT2D eigenvalue weighted by molar-refractivity contribution is -0.154. The minimum Gasteiger partial charge on any atom is -0.480 e. The number of hydrogen-bond donors (Lipinski definition) is 2. The predicted octanol–water partition coefficient (Wildman–Crippen LogP) is 1.86. The van der Waals surface area contributed by atoms with Crippen LogP contribution in [0.3, 0.4) is 0 Å². The first-order chi connectivity index (χ1) is 8.96. The van der Waals surface area contributed by atoms with Crippen LogP contribution in [0, 0.1) is 5.41 Å². The standard InChI is InChI=1S/C15H28N2O3/c1-10(12(18)16-14(2,3)4)17-9-7-8-15(5,6)11(17)13(19)20/h10-11H,7-9H2,1-6H3,(H,16,18)(H,19,20). The Hall–Kier alpha value is -1.10. The molecule has 0 saturated carbocycles. The lowest BCUT2D eigenvalue weighted by atomic mass is 9.75. The molecule has 0 aromatic heterocycles. The molecule has 5 heteroatoms. The third-order valence-corrected chi connectivity index (χ3v) is 3.92. The van der Waals surface area contributed by atoms with Crippen LogP contribution >= 0.6 is 0 Å². The molecule has 20 heavy (non-hydrogen) atoms. The highest BCUT2D eigenvalue weighted by atomic mass is 16.4. The number of carboxylic acids is 1. The summed E-state index contributed by atoms with van der Waals surface area (Å²) in [6, 6.07) is -1.05. The summed E-state index contributed by atoms with van der Waals surface area (Å²) in [4.78, 5) is 25.7. The van der Waals surface area contributed by atoms with Crippen molar-refractivity contribution in [3.05, 3.63) is 0 Å². The van der Waals surface area contributed by atoms with Gasteiger partial charge in [-0.3, -0.25) is 14.5 Å². The first-order valence-electron chi connectivity index (χ1n) is 7.26. The molecule has 0 radical (unpaired) electrons. The van der Waals surface area contributed by atoms with Crippen molar-refractivity contribution >= 4 is 11.9 Å². The summed E-state index contributed by atoms with van der Waals surface area (Å²) in [5, 5.41) is 12.5. The predicted molar refractivity (Wildman–Crippen MR) is 78.5 cm³/mol. The molecule has 5 nitrogen and oxygen atoms in total. The second-order valence-electron chi connectivity index (χ2n) is 7.49. The van der Waals surface area contributed by atoms with Crippen LogP contribution in [0.15, 0.2) is 0 Å². The van der Waals surface area contributed by atoms with Gasteiger partial charge < -0.3 is 10.4 Å². The Balaban J connectivity index is 2.92. The Bertz CT molecular complexity index is 385. The third kappa shape index (κ3) is 3.95. The van der Waals surface area contributed by atoms with E-state index >= 15 is 0 Å². The number of nitrogens with one attached hydrogen (secondary N) is 1. The smallest absolute Gasteiger partial charge is 0.321 e. The molecule has 2 N–H and O–H groups in total. The second-order valence-corrected chi connectivity index (χ2v) is 7.49. The molecular weight excluding hydrogens is 256 g/mol. The van der Waals surface area contributed by atoms with Gasteiger partial charge in [0, 0.05) is 5.54 Å². The molecular formula is C15H28N2O3. The van der Waals surface area contributed by atoms with Gasteiger partial charge in [0.25, 0.3) is 0 Å². The van der Waals surface area contributed by atoms with Crippen LogP contribution in [0.4, 0.5) is 0 Å². The quantitative estimate of drug-likeness (QED) is 0.830. The number of nitrogens with zero attached hydrogens (tertiary/aromatic N) is 1. The average Bonchev–Trinajstić information content (AvgIpc) is 2.23. The average molecular weight is 284 g/mol. The molecule has 1 saturated heterocycles.